The molecule has 0 saturated carbocycles. The van der Waals surface area contributed by atoms with Crippen LogP contribution in [-0.4, -0.2) is 18.1 Å². The molecule has 4 heteroatoms. The Morgan fingerprint density at radius 3 is 2.73 bits per heavy atom. The van der Waals surface area contributed by atoms with Gasteiger partial charge in [0.2, 0.25) is 0 Å². The highest BCUT2D eigenvalue weighted by Gasteiger charge is 2.14. The van der Waals surface area contributed by atoms with E-state index in [1.807, 2.05) is 13.0 Å². The summed E-state index contributed by atoms with van der Waals surface area (Å²) in [6, 6.07) is 0. The van der Waals surface area contributed by atoms with E-state index in [0.29, 0.717) is 11.6 Å². The number of rotatable bonds is 3. The van der Waals surface area contributed by atoms with Crippen molar-refractivity contribution in [2.24, 2.45) is 5.92 Å². The molecule has 0 saturated heterocycles. The summed E-state index contributed by atoms with van der Waals surface area (Å²) in [7, 11) is 1.37. The molecule has 0 aliphatic carbocycles. The zero-order valence-electron chi connectivity index (χ0n) is 9.40. The smallest absolute Gasteiger partial charge is 0.357 e. The largest absolute Gasteiger partial charge is 0.464 e. The van der Waals surface area contributed by atoms with Crippen LogP contribution in [0.5, 0.6) is 0 Å². The van der Waals surface area contributed by atoms with Crippen LogP contribution in [0.1, 0.15) is 34.2 Å². The first kappa shape index (κ1) is 11.9. The van der Waals surface area contributed by atoms with Crippen LogP contribution in [0.25, 0.3) is 6.08 Å². The predicted octanol–water partition coefficient (Wildman–Crippen LogP) is 2.91. The van der Waals surface area contributed by atoms with Gasteiger partial charge in [0.15, 0.2) is 5.69 Å². The Hall–Kier alpha value is -1.16. The molecule has 0 radical (unpaired) electrons. The van der Waals surface area contributed by atoms with E-state index in [-0.39, 0.29) is 5.97 Å². The third-order valence-corrected chi connectivity index (χ3v) is 2.75. The number of allylic oxidation sites excluding steroid dienone is 1. The molecular formula is C11H15NO2S. The minimum atomic E-state index is -0.368. The van der Waals surface area contributed by atoms with Crippen LogP contribution < -0.4 is 0 Å². The van der Waals surface area contributed by atoms with E-state index in [0.717, 1.165) is 9.88 Å². The fourth-order valence-electron chi connectivity index (χ4n) is 1.05. The summed E-state index contributed by atoms with van der Waals surface area (Å²) < 4.78 is 4.64. The molecule has 0 aromatic carbocycles. The first-order valence-corrected chi connectivity index (χ1v) is 5.60. The molecule has 1 aromatic heterocycles. The molecule has 0 amide bonds. The van der Waals surface area contributed by atoms with Gasteiger partial charge in [0, 0.05) is 4.88 Å². The van der Waals surface area contributed by atoms with E-state index in [2.05, 4.69) is 29.6 Å². The molecule has 1 aromatic rings. The van der Waals surface area contributed by atoms with Crippen molar-refractivity contribution in [2.75, 3.05) is 7.11 Å². The summed E-state index contributed by atoms with van der Waals surface area (Å²) in [6.45, 7) is 6.06. The molecule has 0 N–H and O–H groups in total. The maximum Gasteiger partial charge on any atom is 0.357 e. The van der Waals surface area contributed by atoms with Crippen molar-refractivity contribution in [2.45, 2.75) is 20.8 Å². The minimum absolute atomic E-state index is 0.368. The molecule has 0 aliphatic rings. The lowest BCUT2D eigenvalue weighted by Crippen LogP contribution is -2.03. The van der Waals surface area contributed by atoms with E-state index >= 15 is 0 Å². The second kappa shape index (κ2) is 5.07. The van der Waals surface area contributed by atoms with Crippen LogP contribution in [-0.2, 0) is 4.74 Å². The van der Waals surface area contributed by atoms with Gasteiger partial charge in [-0.3, -0.25) is 0 Å². The fourth-order valence-corrected chi connectivity index (χ4v) is 1.87. The van der Waals surface area contributed by atoms with Crippen LogP contribution in [0.2, 0.25) is 0 Å². The molecule has 0 fully saturated rings. The molecule has 0 unspecified atom stereocenters. The van der Waals surface area contributed by atoms with Crippen molar-refractivity contribution in [1.29, 1.82) is 0 Å². The third-order valence-electron chi connectivity index (χ3n) is 1.82. The topological polar surface area (TPSA) is 39.2 Å². The number of nitrogens with zero attached hydrogens (tertiary/aromatic N) is 1. The molecule has 0 bridgehead atoms. The maximum absolute atomic E-state index is 11.3. The number of hydrogen-bond acceptors (Lipinski definition) is 4. The molecule has 3 nitrogen and oxygen atoms in total. The summed E-state index contributed by atoms with van der Waals surface area (Å²) in [4.78, 5) is 16.4. The van der Waals surface area contributed by atoms with Gasteiger partial charge in [0.25, 0.3) is 0 Å². The lowest BCUT2D eigenvalue weighted by atomic mass is 10.2. The van der Waals surface area contributed by atoms with Gasteiger partial charge in [-0.1, -0.05) is 19.9 Å². The molecular weight excluding hydrogens is 210 g/mol. The molecule has 0 atom stereocenters. The molecule has 1 rings (SSSR count). The highest BCUT2D eigenvalue weighted by molar-refractivity contribution is 7.12. The molecule has 0 spiro atoms. The lowest BCUT2D eigenvalue weighted by Gasteiger charge is -1.93. The quantitative estimate of drug-likeness (QED) is 0.742. The van der Waals surface area contributed by atoms with Gasteiger partial charge in [-0.25, -0.2) is 9.78 Å². The number of hydrogen-bond donors (Lipinski definition) is 0. The molecule has 82 valence electrons. The predicted molar refractivity (Wildman–Crippen MR) is 62.1 cm³/mol. The van der Waals surface area contributed by atoms with Gasteiger partial charge >= 0.3 is 5.97 Å². The Morgan fingerprint density at radius 1 is 1.53 bits per heavy atom. The SMILES string of the molecule is COC(=O)c1nc(/C=C/C(C)C)sc1C. The Morgan fingerprint density at radius 2 is 2.20 bits per heavy atom. The van der Waals surface area contributed by atoms with E-state index in [1.165, 1.54) is 18.4 Å². The summed E-state index contributed by atoms with van der Waals surface area (Å²) in [6.07, 6.45) is 3.99. The normalized spacial score (nSPS) is 11.3. The summed E-state index contributed by atoms with van der Waals surface area (Å²) in [5.41, 5.74) is 0.422. The average Bonchev–Trinajstić information content (AvgIpc) is 2.55. The third kappa shape index (κ3) is 3.16. The van der Waals surface area contributed by atoms with Crippen LogP contribution in [0.15, 0.2) is 6.08 Å². The highest BCUT2D eigenvalue weighted by atomic mass is 32.1. The van der Waals surface area contributed by atoms with E-state index in [4.69, 9.17) is 0 Å². The van der Waals surface area contributed by atoms with Gasteiger partial charge in [0.05, 0.1) is 7.11 Å². The lowest BCUT2D eigenvalue weighted by molar-refractivity contribution is 0.0594. The Bertz CT molecular complexity index is 380. The zero-order chi connectivity index (χ0) is 11.4. The number of esters is 1. The van der Waals surface area contributed by atoms with Crippen LogP contribution in [0.3, 0.4) is 0 Å². The monoisotopic (exact) mass is 225 g/mol. The van der Waals surface area contributed by atoms with Crippen molar-refractivity contribution in [1.82, 2.24) is 4.98 Å². The van der Waals surface area contributed by atoms with Gasteiger partial charge in [0.1, 0.15) is 5.01 Å². The minimum Gasteiger partial charge on any atom is -0.464 e. The number of aryl methyl sites for hydroxylation is 1. The number of ether oxygens (including phenoxy) is 1. The van der Waals surface area contributed by atoms with E-state index in [1.54, 1.807) is 0 Å². The summed E-state index contributed by atoms with van der Waals surface area (Å²) >= 11 is 1.50. The first-order valence-electron chi connectivity index (χ1n) is 4.78. The van der Waals surface area contributed by atoms with Gasteiger partial charge in [-0.05, 0) is 18.9 Å². The summed E-state index contributed by atoms with van der Waals surface area (Å²) in [5, 5.41) is 0.849. The zero-order valence-corrected chi connectivity index (χ0v) is 10.2. The fraction of sp³-hybridized carbons (Fsp3) is 0.455. The Kier molecular flexibility index (Phi) is 4.03. The van der Waals surface area contributed by atoms with Gasteiger partial charge in [-0.15, -0.1) is 11.3 Å². The standard InChI is InChI=1S/C11H15NO2S/c1-7(2)5-6-9-12-10(8(3)15-9)11(13)14-4/h5-7H,1-4H3/b6-5+. The van der Waals surface area contributed by atoms with E-state index < -0.39 is 0 Å². The van der Waals surface area contributed by atoms with Crippen LogP contribution in [0.4, 0.5) is 0 Å². The van der Waals surface area contributed by atoms with Crippen LogP contribution in [0, 0.1) is 12.8 Å². The Labute approximate surface area is 93.8 Å². The van der Waals surface area contributed by atoms with Crippen molar-refractivity contribution in [3.05, 3.63) is 21.7 Å². The number of carbonyl (C=O) groups is 1. The number of thiazole rings is 1. The van der Waals surface area contributed by atoms with Gasteiger partial charge < -0.3 is 4.74 Å². The maximum atomic E-state index is 11.3. The average molecular weight is 225 g/mol. The van der Waals surface area contributed by atoms with Crippen molar-refractivity contribution >= 4 is 23.4 Å². The Balaban J connectivity index is 2.91. The number of carbonyl (C=O) groups excluding carboxylic acids is 1. The van der Waals surface area contributed by atoms with E-state index in [9.17, 15) is 4.79 Å². The second-order valence-electron chi connectivity index (χ2n) is 3.55. The highest BCUT2D eigenvalue weighted by Crippen LogP contribution is 2.19. The number of aromatic nitrogens is 1. The first-order chi connectivity index (χ1) is 7.04. The van der Waals surface area contributed by atoms with Crippen molar-refractivity contribution < 1.29 is 9.53 Å². The summed E-state index contributed by atoms with van der Waals surface area (Å²) in [5.74, 6) is 0.115. The second-order valence-corrected chi connectivity index (χ2v) is 4.79. The molecule has 1 heterocycles. The van der Waals surface area contributed by atoms with Crippen LogP contribution >= 0.6 is 11.3 Å². The number of methoxy groups -OCH3 is 1. The van der Waals surface area contributed by atoms with Gasteiger partial charge in [-0.2, -0.15) is 0 Å². The molecule has 0 aliphatic heterocycles. The van der Waals surface area contributed by atoms with Crippen molar-refractivity contribution in [3.63, 3.8) is 0 Å². The van der Waals surface area contributed by atoms with Crippen molar-refractivity contribution in [3.8, 4) is 0 Å². The molecule has 15 heavy (non-hydrogen) atoms.